The highest BCUT2D eigenvalue weighted by atomic mass is 35.5. The average molecular weight is 489 g/mol. The summed E-state index contributed by atoms with van der Waals surface area (Å²) in [6.07, 6.45) is 7.32. The Hall–Kier alpha value is -1.97. The van der Waals surface area contributed by atoms with Crippen LogP contribution < -0.4 is 5.32 Å². The maximum absolute atomic E-state index is 10.1. The molecule has 3 aromatic rings. The first kappa shape index (κ1) is 21.6. The Morgan fingerprint density at radius 1 is 1.06 bits per heavy atom. The molecule has 8 nitrogen and oxygen atoms in total. The molecule has 3 aliphatic rings. The fraction of sp³-hybridized carbons (Fsp3) is 0.522. The van der Waals surface area contributed by atoms with Gasteiger partial charge in [0.15, 0.2) is 5.15 Å². The van der Waals surface area contributed by atoms with Crippen LogP contribution in [0.1, 0.15) is 43.2 Å². The van der Waals surface area contributed by atoms with Crippen molar-refractivity contribution in [3.05, 3.63) is 40.3 Å². The number of piperidine rings is 1. The topological polar surface area (TPSA) is 88.3 Å². The van der Waals surface area contributed by atoms with Crippen LogP contribution in [-0.2, 0) is 4.74 Å². The van der Waals surface area contributed by atoms with Gasteiger partial charge in [-0.1, -0.05) is 23.2 Å². The van der Waals surface area contributed by atoms with Crippen LogP contribution in [0.5, 0.6) is 0 Å². The van der Waals surface area contributed by atoms with Crippen LogP contribution in [-0.4, -0.2) is 68.2 Å². The fourth-order valence-electron chi connectivity index (χ4n) is 4.99. The fourth-order valence-corrected chi connectivity index (χ4v) is 5.59. The number of ether oxygens (including phenoxy) is 1. The summed E-state index contributed by atoms with van der Waals surface area (Å²) in [5.74, 6) is 0.841. The van der Waals surface area contributed by atoms with E-state index in [1.54, 1.807) is 12.4 Å². The molecule has 1 saturated carbocycles. The van der Waals surface area contributed by atoms with E-state index in [1.165, 1.54) is 0 Å². The van der Waals surface area contributed by atoms with Crippen molar-refractivity contribution >= 4 is 45.7 Å². The summed E-state index contributed by atoms with van der Waals surface area (Å²) in [7, 11) is 0. The van der Waals surface area contributed by atoms with Gasteiger partial charge in [0.25, 0.3) is 0 Å². The van der Waals surface area contributed by atoms with Crippen molar-refractivity contribution in [2.24, 2.45) is 0 Å². The zero-order valence-corrected chi connectivity index (χ0v) is 19.6. The largest absolute Gasteiger partial charge is 0.389 e. The van der Waals surface area contributed by atoms with Crippen molar-refractivity contribution in [1.82, 2.24) is 24.6 Å². The van der Waals surface area contributed by atoms with Gasteiger partial charge in [0, 0.05) is 16.6 Å². The normalized spacial score (nSPS) is 24.6. The summed E-state index contributed by atoms with van der Waals surface area (Å²) in [4.78, 5) is 11.5. The van der Waals surface area contributed by atoms with Crippen LogP contribution in [0, 0.1) is 0 Å². The molecule has 2 atom stereocenters. The lowest BCUT2D eigenvalue weighted by atomic mass is 9.88. The van der Waals surface area contributed by atoms with Gasteiger partial charge in [0.05, 0.1) is 48.8 Å². The standard InChI is InChI=1S/C23H26Cl2N6O2/c24-17-7-14-9-26-23(29-19-10-27-31(22(19)25)15-1-2-15)28-18(14)8-16(17)13-3-5-30(6-4-13)20-11-33-12-21(20)32/h7-10,13,15,20-21,32H,1-6,11-12H2,(H,26,28,29). The molecule has 4 heterocycles. The van der Waals surface area contributed by atoms with Gasteiger partial charge in [-0.3, -0.25) is 4.90 Å². The minimum Gasteiger partial charge on any atom is -0.389 e. The number of fused-ring (bicyclic) bond motifs is 1. The molecule has 2 aromatic heterocycles. The summed E-state index contributed by atoms with van der Waals surface area (Å²) >= 11 is 13.2. The van der Waals surface area contributed by atoms with E-state index in [0.29, 0.717) is 42.0 Å². The second kappa shape index (κ2) is 8.67. The van der Waals surface area contributed by atoms with Gasteiger partial charge in [0.2, 0.25) is 5.95 Å². The molecule has 2 N–H and O–H groups in total. The number of aliphatic hydroxyl groups excluding tert-OH is 1. The van der Waals surface area contributed by atoms with Crippen LogP contribution >= 0.6 is 23.2 Å². The summed E-state index contributed by atoms with van der Waals surface area (Å²) in [6, 6.07) is 4.56. The molecule has 3 fully saturated rings. The van der Waals surface area contributed by atoms with E-state index in [4.69, 9.17) is 32.9 Å². The third-order valence-electron chi connectivity index (χ3n) is 7.03. The predicted octanol–water partition coefficient (Wildman–Crippen LogP) is 4.15. The summed E-state index contributed by atoms with van der Waals surface area (Å²) in [5, 5.41) is 20.0. The summed E-state index contributed by atoms with van der Waals surface area (Å²) in [6.45, 7) is 2.89. The maximum atomic E-state index is 10.1. The van der Waals surface area contributed by atoms with E-state index in [1.807, 2.05) is 10.7 Å². The molecule has 1 aliphatic carbocycles. The van der Waals surface area contributed by atoms with Crippen molar-refractivity contribution in [3.63, 3.8) is 0 Å². The molecule has 174 valence electrons. The monoisotopic (exact) mass is 488 g/mol. The van der Waals surface area contributed by atoms with Gasteiger partial charge in [0.1, 0.15) is 0 Å². The number of anilines is 2. The predicted molar refractivity (Wildman–Crippen MR) is 128 cm³/mol. The zero-order valence-electron chi connectivity index (χ0n) is 18.1. The van der Waals surface area contributed by atoms with Gasteiger partial charge < -0.3 is 15.2 Å². The van der Waals surface area contributed by atoms with E-state index in [0.717, 1.165) is 60.3 Å². The van der Waals surface area contributed by atoms with Gasteiger partial charge in [-0.05, 0) is 62.4 Å². The van der Waals surface area contributed by atoms with E-state index in [-0.39, 0.29) is 6.04 Å². The van der Waals surface area contributed by atoms with E-state index >= 15 is 0 Å². The first-order valence-electron chi connectivity index (χ1n) is 11.5. The van der Waals surface area contributed by atoms with Crippen molar-refractivity contribution in [3.8, 4) is 0 Å². The third kappa shape index (κ3) is 4.19. The maximum Gasteiger partial charge on any atom is 0.227 e. The lowest BCUT2D eigenvalue weighted by Crippen LogP contribution is -2.46. The van der Waals surface area contributed by atoms with Crippen molar-refractivity contribution in [2.75, 3.05) is 31.6 Å². The number of rotatable bonds is 5. The van der Waals surface area contributed by atoms with Gasteiger partial charge >= 0.3 is 0 Å². The Bertz CT molecular complexity index is 1180. The zero-order chi connectivity index (χ0) is 22.5. The van der Waals surface area contributed by atoms with Gasteiger partial charge in [-0.25, -0.2) is 14.6 Å². The van der Waals surface area contributed by atoms with Crippen LogP contribution in [0.25, 0.3) is 10.9 Å². The first-order valence-corrected chi connectivity index (χ1v) is 12.3. The van der Waals surface area contributed by atoms with E-state index < -0.39 is 6.10 Å². The number of benzene rings is 1. The molecule has 2 saturated heterocycles. The third-order valence-corrected chi connectivity index (χ3v) is 7.74. The number of hydrogen-bond acceptors (Lipinski definition) is 7. The van der Waals surface area contributed by atoms with Gasteiger partial charge in [-0.2, -0.15) is 5.10 Å². The van der Waals surface area contributed by atoms with Crippen LogP contribution in [0.3, 0.4) is 0 Å². The Labute approximate surface area is 201 Å². The Kier molecular flexibility index (Phi) is 5.66. The quantitative estimate of drug-likeness (QED) is 0.557. The minimum atomic E-state index is -0.390. The van der Waals surface area contributed by atoms with Crippen LogP contribution in [0.2, 0.25) is 10.2 Å². The second-order valence-electron chi connectivity index (χ2n) is 9.26. The number of halogens is 2. The van der Waals surface area contributed by atoms with Crippen molar-refractivity contribution in [2.45, 2.75) is 49.8 Å². The lowest BCUT2D eigenvalue weighted by Gasteiger charge is -2.36. The number of likely N-dealkylation sites (tertiary alicyclic amines) is 1. The minimum absolute atomic E-state index is 0.107. The smallest absolute Gasteiger partial charge is 0.227 e. The first-order chi connectivity index (χ1) is 16.1. The second-order valence-corrected chi connectivity index (χ2v) is 10.0. The lowest BCUT2D eigenvalue weighted by molar-refractivity contribution is 0.0663. The number of nitrogens with one attached hydrogen (secondary N) is 1. The van der Waals surface area contributed by atoms with Gasteiger partial charge in [-0.15, -0.1) is 0 Å². The molecule has 6 rings (SSSR count). The average Bonchev–Trinajstić information content (AvgIpc) is 3.47. The highest BCUT2D eigenvalue weighted by molar-refractivity contribution is 6.32. The molecule has 1 aromatic carbocycles. The number of nitrogens with zero attached hydrogens (tertiary/aromatic N) is 5. The summed E-state index contributed by atoms with van der Waals surface area (Å²) in [5.41, 5.74) is 2.68. The molecule has 2 unspecified atom stereocenters. The molecule has 10 heteroatoms. The molecular weight excluding hydrogens is 463 g/mol. The Balaban J connectivity index is 1.20. The van der Waals surface area contributed by atoms with Crippen molar-refractivity contribution in [1.29, 1.82) is 0 Å². The molecule has 0 amide bonds. The SMILES string of the molecule is OC1COCC1N1CCC(c2cc3nc(Nc4cnn(C5CC5)c4Cl)ncc3cc2Cl)CC1. The number of hydrogen-bond donors (Lipinski definition) is 2. The highest BCUT2D eigenvalue weighted by Gasteiger charge is 2.34. The number of aliphatic hydroxyl groups is 1. The van der Waals surface area contributed by atoms with Crippen LogP contribution in [0.15, 0.2) is 24.5 Å². The molecule has 2 aliphatic heterocycles. The van der Waals surface area contributed by atoms with E-state index in [2.05, 4.69) is 26.4 Å². The molecule has 0 spiro atoms. The number of aromatic nitrogens is 4. The van der Waals surface area contributed by atoms with E-state index in [9.17, 15) is 5.11 Å². The summed E-state index contributed by atoms with van der Waals surface area (Å²) < 4.78 is 7.29. The Morgan fingerprint density at radius 3 is 2.61 bits per heavy atom. The van der Waals surface area contributed by atoms with Crippen LogP contribution in [0.4, 0.5) is 11.6 Å². The van der Waals surface area contributed by atoms with Crippen molar-refractivity contribution < 1.29 is 9.84 Å². The molecule has 0 radical (unpaired) electrons. The molecule has 0 bridgehead atoms. The Morgan fingerprint density at radius 2 is 1.88 bits per heavy atom. The molecule has 33 heavy (non-hydrogen) atoms. The highest BCUT2D eigenvalue weighted by Crippen LogP contribution is 2.39. The molecular formula is C23H26Cl2N6O2.